The van der Waals surface area contributed by atoms with E-state index in [1.807, 2.05) is 4.90 Å². The summed E-state index contributed by atoms with van der Waals surface area (Å²) in [5, 5.41) is 0. The van der Waals surface area contributed by atoms with Crippen molar-refractivity contribution < 1.29 is 23.1 Å². The highest BCUT2D eigenvalue weighted by Crippen LogP contribution is 2.27. The van der Waals surface area contributed by atoms with Crippen molar-refractivity contribution in [2.45, 2.75) is 31.8 Å². The molecule has 0 unspecified atom stereocenters. The molecule has 1 heterocycles. The first-order valence-corrected chi connectivity index (χ1v) is 9.71. The summed E-state index contributed by atoms with van der Waals surface area (Å²) >= 11 is 0. The molecule has 2 fully saturated rings. The molecule has 7 heteroatoms. The summed E-state index contributed by atoms with van der Waals surface area (Å²) in [6.45, 7) is 1.99. The zero-order chi connectivity index (χ0) is 20.1. The number of ether oxygens (including phenoxy) is 1. The maximum atomic E-state index is 13.2. The molecular weight excluding hydrogens is 366 g/mol. The summed E-state index contributed by atoms with van der Waals surface area (Å²) in [6.07, 6.45) is 6.63. The number of benzene rings is 1. The summed E-state index contributed by atoms with van der Waals surface area (Å²) in [5.74, 6) is -1.82. The Morgan fingerprint density at radius 2 is 1.64 bits per heavy atom. The summed E-state index contributed by atoms with van der Waals surface area (Å²) < 4.78 is 31.5. The molecule has 1 aliphatic carbocycles. The van der Waals surface area contributed by atoms with E-state index < -0.39 is 11.6 Å². The van der Waals surface area contributed by atoms with Gasteiger partial charge in [-0.25, -0.2) is 8.78 Å². The first-order valence-electron chi connectivity index (χ1n) is 9.71. The number of halogens is 2. The summed E-state index contributed by atoms with van der Waals surface area (Å²) in [5.41, 5.74) is 0.424. The predicted molar refractivity (Wildman–Crippen MR) is 101 cm³/mol. The average Bonchev–Trinajstić information content (AvgIpc) is 2.74. The van der Waals surface area contributed by atoms with Gasteiger partial charge in [-0.05, 0) is 49.5 Å². The molecule has 0 spiro atoms. The van der Waals surface area contributed by atoms with Gasteiger partial charge in [-0.3, -0.25) is 9.59 Å². The number of rotatable bonds is 4. The summed E-state index contributed by atoms with van der Waals surface area (Å²) in [7, 11) is 1.71. The second-order valence-electron chi connectivity index (χ2n) is 7.37. The van der Waals surface area contributed by atoms with Crippen molar-refractivity contribution in [3.8, 4) is 0 Å². The van der Waals surface area contributed by atoms with Crippen molar-refractivity contribution in [2.24, 2.45) is 5.92 Å². The van der Waals surface area contributed by atoms with E-state index >= 15 is 0 Å². The molecular formula is C21H26F2N2O3. The predicted octanol–water partition coefficient (Wildman–Crippen LogP) is 2.85. The molecule has 0 radical (unpaired) electrons. The van der Waals surface area contributed by atoms with Crippen molar-refractivity contribution in [3.63, 3.8) is 0 Å². The van der Waals surface area contributed by atoms with Gasteiger partial charge in [0.2, 0.25) is 11.8 Å². The molecule has 0 atom stereocenters. The normalized spacial score (nSPS) is 23.2. The maximum Gasteiger partial charge on any atom is 0.246 e. The summed E-state index contributed by atoms with van der Waals surface area (Å²) in [6, 6.07) is 3.50. The van der Waals surface area contributed by atoms with Crippen LogP contribution in [0.15, 0.2) is 24.3 Å². The topological polar surface area (TPSA) is 49.9 Å². The van der Waals surface area contributed by atoms with Gasteiger partial charge in [-0.1, -0.05) is 6.07 Å². The number of nitrogens with zero attached hydrogens (tertiary/aromatic N) is 2. The highest BCUT2D eigenvalue weighted by Gasteiger charge is 2.31. The number of piperazine rings is 1. The van der Waals surface area contributed by atoms with Crippen LogP contribution in [0.4, 0.5) is 8.78 Å². The lowest BCUT2D eigenvalue weighted by molar-refractivity contribution is -0.142. The largest absolute Gasteiger partial charge is 0.381 e. The van der Waals surface area contributed by atoms with Gasteiger partial charge in [0.1, 0.15) is 0 Å². The number of hydrogen-bond acceptors (Lipinski definition) is 3. The molecule has 152 valence electrons. The molecule has 0 aromatic heterocycles. The third-order valence-corrected chi connectivity index (χ3v) is 5.62. The fraction of sp³-hybridized carbons (Fsp3) is 0.524. The number of amides is 2. The van der Waals surface area contributed by atoms with Crippen LogP contribution in [0, 0.1) is 17.6 Å². The van der Waals surface area contributed by atoms with Crippen molar-refractivity contribution in [3.05, 3.63) is 41.5 Å². The van der Waals surface area contributed by atoms with Crippen LogP contribution in [0.25, 0.3) is 6.08 Å². The average molecular weight is 392 g/mol. The van der Waals surface area contributed by atoms with Crippen LogP contribution in [0.2, 0.25) is 0 Å². The molecule has 0 N–H and O–H groups in total. The minimum Gasteiger partial charge on any atom is -0.381 e. The molecule has 0 bridgehead atoms. The number of hydrogen-bond donors (Lipinski definition) is 0. The van der Waals surface area contributed by atoms with Crippen LogP contribution in [-0.2, 0) is 14.3 Å². The van der Waals surface area contributed by atoms with Gasteiger partial charge in [-0.15, -0.1) is 0 Å². The molecule has 1 aromatic rings. The zero-order valence-corrected chi connectivity index (χ0v) is 16.1. The monoisotopic (exact) mass is 392 g/mol. The Morgan fingerprint density at radius 3 is 2.25 bits per heavy atom. The minimum atomic E-state index is -0.943. The first-order chi connectivity index (χ1) is 13.5. The van der Waals surface area contributed by atoms with Crippen molar-refractivity contribution in [1.29, 1.82) is 0 Å². The van der Waals surface area contributed by atoms with Gasteiger partial charge in [0, 0.05) is 45.3 Å². The summed E-state index contributed by atoms with van der Waals surface area (Å²) in [4.78, 5) is 28.5. The van der Waals surface area contributed by atoms with Crippen molar-refractivity contribution in [1.82, 2.24) is 9.80 Å². The second-order valence-corrected chi connectivity index (χ2v) is 7.37. The molecule has 3 rings (SSSR count). The van der Waals surface area contributed by atoms with E-state index in [1.54, 1.807) is 12.0 Å². The number of methoxy groups -OCH3 is 1. The van der Waals surface area contributed by atoms with Crippen LogP contribution in [0.5, 0.6) is 0 Å². The Bertz CT molecular complexity index is 737. The van der Waals surface area contributed by atoms with Gasteiger partial charge < -0.3 is 14.5 Å². The Kier molecular flexibility index (Phi) is 6.78. The number of carbonyl (C=O) groups is 2. The van der Waals surface area contributed by atoms with Gasteiger partial charge in [0.15, 0.2) is 11.6 Å². The third-order valence-electron chi connectivity index (χ3n) is 5.62. The highest BCUT2D eigenvalue weighted by molar-refractivity contribution is 5.92. The molecule has 2 aliphatic rings. The molecule has 28 heavy (non-hydrogen) atoms. The lowest BCUT2D eigenvalue weighted by Gasteiger charge is -2.37. The van der Waals surface area contributed by atoms with E-state index in [-0.39, 0.29) is 23.8 Å². The standard InChI is InChI=1S/C21H26F2N2O3/c1-28-17-6-4-16(5-7-17)21(27)25-12-10-24(11-13-25)20(26)9-3-15-2-8-18(22)19(23)14-15/h2-3,8-9,14,16-17H,4-7,10-13H2,1H3/b9-3+. The van der Waals surface area contributed by atoms with Gasteiger partial charge in [0.05, 0.1) is 6.10 Å². The van der Waals surface area contributed by atoms with Crippen LogP contribution in [-0.4, -0.2) is 61.0 Å². The van der Waals surface area contributed by atoms with E-state index in [2.05, 4.69) is 0 Å². The molecule has 2 amide bonds. The Morgan fingerprint density at radius 1 is 1.00 bits per heavy atom. The smallest absolute Gasteiger partial charge is 0.246 e. The third kappa shape index (κ3) is 4.95. The Labute approximate surface area is 163 Å². The van der Waals surface area contributed by atoms with Crippen LogP contribution in [0.3, 0.4) is 0 Å². The number of carbonyl (C=O) groups excluding carboxylic acids is 2. The van der Waals surface area contributed by atoms with Crippen LogP contribution < -0.4 is 0 Å². The molecule has 1 aliphatic heterocycles. The first kappa shape index (κ1) is 20.5. The zero-order valence-electron chi connectivity index (χ0n) is 16.1. The van der Waals surface area contributed by atoms with Gasteiger partial charge in [-0.2, -0.15) is 0 Å². The Balaban J connectivity index is 1.48. The molecule has 1 aromatic carbocycles. The van der Waals surface area contributed by atoms with E-state index in [0.29, 0.717) is 31.7 Å². The second kappa shape index (κ2) is 9.28. The van der Waals surface area contributed by atoms with Crippen molar-refractivity contribution >= 4 is 17.9 Å². The van der Waals surface area contributed by atoms with E-state index in [0.717, 1.165) is 37.8 Å². The fourth-order valence-corrected chi connectivity index (χ4v) is 3.84. The van der Waals surface area contributed by atoms with Gasteiger partial charge in [0.25, 0.3) is 0 Å². The van der Waals surface area contributed by atoms with Crippen LogP contribution in [0.1, 0.15) is 31.2 Å². The highest BCUT2D eigenvalue weighted by atomic mass is 19.2. The minimum absolute atomic E-state index is 0.0573. The quantitative estimate of drug-likeness (QED) is 0.741. The lowest BCUT2D eigenvalue weighted by atomic mass is 9.86. The molecule has 1 saturated carbocycles. The van der Waals surface area contributed by atoms with Crippen molar-refractivity contribution in [2.75, 3.05) is 33.3 Å². The fourth-order valence-electron chi connectivity index (χ4n) is 3.84. The maximum absolute atomic E-state index is 13.2. The lowest BCUT2D eigenvalue weighted by Crippen LogP contribution is -2.52. The van der Waals surface area contributed by atoms with E-state index in [4.69, 9.17) is 4.74 Å². The van der Waals surface area contributed by atoms with E-state index in [1.165, 1.54) is 18.2 Å². The van der Waals surface area contributed by atoms with Crippen LogP contribution >= 0.6 is 0 Å². The molecule has 5 nitrogen and oxygen atoms in total. The van der Waals surface area contributed by atoms with E-state index in [9.17, 15) is 18.4 Å². The SMILES string of the molecule is COC1CCC(C(=O)N2CCN(C(=O)/C=C/c3ccc(F)c(F)c3)CC2)CC1. The Hall–Kier alpha value is -2.28. The van der Waals surface area contributed by atoms with Gasteiger partial charge >= 0.3 is 0 Å². The molecule has 1 saturated heterocycles.